The molecule has 0 saturated heterocycles. The first-order valence-electron chi connectivity index (χ1n) is 22.2. The number of esters is 2. The second-order valence-corrected chi connectivity index (χ2v) is 14.6. The summed E-state index contributed by atoms with van der Waals surface area (Å²) < 4.78 is 17.2. The molecule has 0 aromatic heterocycles. The zero-order valence-corrected chi connectivity index (χ0v) is 34.6. The van der Waals surface area contributed by atoms with Crippen LogP contribution in [0.1, 0.15) is 213 Å². The van der Waals surface area contributed by atoms with Crippen molar-refractivity contribution in [1.82, 2.24) is 0 Å². The van der Waals surface area contributed by atoms with E-state index in [2.05, 4.69) is 69.4 Å². The van der Waals surface area contributed by atoms with Crippen LogP contribution in [0.15, 0.2) is 48.6 Å². The minimum absolute atomic E-state index is 0.0735. The molecule has 0 heterocycles. The van der Waals surface area contributed by atoms with Gasteiger partial charge >= 0.3 is 11.9 Å². The van der Waals surface area contributed by atoms with Gasteiger partial charge in [0.25, 0.3) is 0 Å². The maximum Gasteiger partial charge on any atom is 0.306 e. The predicted octanol–water partition coefficient (Wildman–Crippen LogP) is 14.4. The van der Waals surface area contributed by atoms with Crippen molar-refractivity contribution in [1.29, 1.82) is 0 Å². The fourth-order valence-corrected chi connectivity index (χ4v) is 6.05. The van der Waals surface area contributed by atoms with Crippen molar-refractivity contribution in [2.75, 3.05) is 19.8 Å². The molecular weight excluding hydrogens is 645 g/mol. The van der Waals surface area contributed by atoms with Crippen LogP contribution in [0.4, 0.5) is 0 Å². The summed E-state index contributed by atoms with van der Waals surface area (Å²) in [5.74, 6) is -0.420. The molecule has 0 bridgehead atoms. The van der Waals surface area contributed by atoms with Crippen molar-refractivity contribution in [2.24, 2.45) is 0 Å². The van der Waals surface area contributed by atoms with Gasteiger partial charge in [0.2, 0.25) is 0 Å². The number of carbonyl (C=O) groups is 2. The highest BCUT2D eigenvalue weighted by Crippen LogP contribution is 2.13. The normalized spacial score (nSPS) is 12.6. The molecule has 0 aliphatic heterocycles. The maximum atomic E-state index is 12.7. The Labute approximate surface area is 322 Å². The molecular formula is C47H84O5. The largest absolute Gasteiger partial charge is 0.462 e. The van der Waals surface area contributed by atoms with E-state index in [0.29, 0.717) is 19.4 Å². The molecule has 52 heavy (non-hydrogen) atoms. The summed E-state index contributed by atoms with van der Waals surface area (Å²) in [6.45, 7) is 7.63. The van der Waals surface area contributed by atoms with Gasteiger partial charge in [0.1, 0.15) is 6.61 Å². The van der Waals surface area contributed by atoms with Gasteiger partial charge in [-0.3, -0.25) is 9.59 Å². The number of rotatable bonds is 40. The number of ether oxygens (including phenoxy) is 3. The van der Waals surface area contributed by atoms with E-state index in [4.69, 9.17) is 14.2 Å². The lowest BCUT2D eigenvalue weighted by atomic mass is 10.1. The van der Waals surface area contributed by atoms with Crippen molar-refractivity contribution in [3.63, 3.8) is 0 Å². The van der Waals surface area contributed by atoms with Gasteiger partial charge in [-0.15, -0.1) is 0 Å². The van der Waals surface area contributed by atoms with Crippen molar-refractivity contribution in [3.8, 4) is 0 Å². The zero-order chi connectivity index (χ0) is 37.8. The standard InChI is InChI=1S/C47H84O5/c1-4-7-10-13-16-19-21-23-25-27-30-33-36-39-42-50-43-45(52-47(49)41-38-35-32-28-18-15-12-9-6-3)44-51-46(48)40-37-34-31-29-26-24-22-20-17-14-11-8-5-2/h7,10,16,19-20,22-23,25,45H,4-6,8-9,11-15,17-18,21,24,26-44H2,1-3H3/b10-7-,19-16-,22-20-,25-23-. The Balaban J connectivity index is 4.27. The van der Waals surface area contributed by atoms with Crippen LogP contribution >= 0.6 is 0 Å². The molecule has 0 saturated carbocycles. The van der Waals surface area contributed by atoms with Gasteiger partial charge in [0.05, 0.1) is 6.61 Å². The minimum atomic E-state index is -0.545. The van der Waals surface area contributed by atoms with E-state index < -0.39 is 6.10 Å². The molecule has 1 atom stereocenters. The first-order chi connectivity index (χ1) is 25.6. The third-order valence-electron chi connectivity index (χ3n) is 9.35. The monoisotopic (exact) mass is 729 g/mol. The Morgan fingerprint density at radius 3 is 1.42 bits per heavy atom. The average molecular weight is 729 g/mol. The lowest BCUT2D eigenvalue weighted by molar-refractivity contribution is -0.163. The number of unbranched alkanes of at least 4 members (excludes halogenated alkanes) is 21. The fourth-order valence-electron chi connectivity index (χ4n) is 6.05. The highest BCUT2D eigenvalue weighted by Gasteiger charge is 2.17. The first-order valence-corrected chi connectivity index (χ1v) is 22.2. The van der Waals surface area contributed by atoms with Crippen molar-refractivity contribution in [3.05, 3.63) is 48.6 Å². The SMILES string of the molecule is CC/C=C\C/C=C\C/C=C\CCCCCCOCC(COC(=O)CCCCCCC/C=C\CCCCCC)OC(=O)CCCCCCCCCCC. The van der Waals surface area contributed by atoms with E-state index >= 15 is 0 Å². The topological polar surface area (TPSA) is 61.8 Å². The summed E-state index contributed by atoms with van der Waals surface area (Å²) in [6, 6.07) is 0. The van der Waals surface area contributed by atoms with Crippen LogP contribution in [0.5, 0.6) is 0 Å². The number of carbonyl (C=O) groups excluding carboxylic acids is 2. The Hall–Kier alpha value is -2.14. The van der Waals surface area contributed by atoms with E-state index in [9.17, 15) is 9.59 Å². The van der Waals surface area contributed by atoms with Gasteiger partial charge in [0, 0.05) is 19.4 Å². The number of hydrogen-bond acceptors (Lipinski definition) is 5. The van der Waals surface area contributed by atoms with E-state index in [0.717, 1.165) is 77.0 Å². The Bertz CT molecular complexity index is 873. The smallest absolute Gasteiger partial charge is 0.306 e. The summed E-state index contributed by atoms with van der Waals surface area (Å²) in [5, 5.41) is 0. The minimum Gasteiger partial charge on any atom is -0.462 e. The van der Waals surface area contributed by atoms with Crippen LogP contribution < -0.4 is 0 Å². The van der Waals surface area contributed by atoms with Gasteiger partial charge in [0.15, 0.2) is 6.10 Å². The summed E-state index contributed by atoms with van der Waals surface area (Å²) >= 11 is 0. The summed E-state index contributed by atoms with van der Waals surface area (Å²) in [4.78, 5) is 25.1. The van der Waals surface area contributed by atoms with Crippen LogP contribution in [0.3, 0.4) is 0 Å². The van der Waals surface area contributed by atoms with E-state index in [1.54, 1.807) is 0 Å². The van der Waals surface area contributed by atoms with E-state index in [-0.39, 0.29) is 25.2 Å². The second kappa shape index (κ2) is 43.3. The molecule has 0 aliphatic rings. The average Bonchev–Trinajstić information content (AvgIpc) is 3.14. The Kier molecular flexibility index (Phi) is 41.5. The van der Waals surface area contributed by atoms with Crippen LogP contribution in [0.2, 0.25) is 0 Å². The molecule has 0 amide bonds. The molecule has 0 aromatic carbocycles. The third-order valence-corrected chi connectivity index (χ3v) is 9.35. The molecule has 0 aliphatic carbocycles. The van der Waals surface area contributed by atoms with E-state index in [1.165, 1.54) is 103 Å². The number of allylic oxidation sites excluding steroid dienone is 8. The maximum absolute atomic E-state index is 12.7. The van der Waals surface area contributed by atoms with Gasteiger partial charge in [-0.05, 0) is 77.0 Å². The van der Waals surface area contributed by atoms with Crippen molar-refractivity contribution in [2.45, 2.75) is 219 Å². The van der Waals surface area contributed by atoms with E-state index in [1.807, 2.05) is 0 Å². The molecule has 0 aromatic rings. The molecule has 0 fully saturated rings. The summed E-state index contributed by atoms with van der Waals surface area (Å²) in [6.07, 6.45) is 51.1. The van der Waals surface area contributed by atoms with Crippen molar-refractivity contribution >= 4 is 11.9 Å². The van der Waals surface area contributed by atoms with Crippen LogP contribution in [0, 0.1) is 0 Å². The van der Waals surface area contributed by atoms with Gasteiger partial charge in [-0.2, -0.15) is 0 Å². The van der Waals surface area contributed by atoms with Crippen molar-refractivity contribution < 1.29 is 23.8 Å². The lowest BCUT2D eigenvalue weighted by Crippen LogP contribution is -2.30. The molecule has 0 spiro atoms. The molecule has 0 N–H and O–H groups in total. The van der Waals surface area contributed by atoms with Gasteiger partial charge < -0.3 is 14.2 Å². The lowest BCUT2D eigenvalue weighted by Gasteiger charge is -2.18. The second-order valence-electron chi connectivity index (χ2n) is 14.6. The highest BCUT2D eigenvalue weighted by molar-refractivity contribution is 5.70. The molecule has 302 valence electrons. The third kappa shape index (κ3) is 40.6. The molecule has 0 radical (unpaired) electrons. The predicted molar refractivity (Wildman–Crippen MR) is 224 cm³/mol. The Morgan fingerprint density at radius 1 is 0.442 bits per heavy atom. The van der Waals surface area contributed by atoms with Crippen LogP contribution in [-0.2, 0) is 23.8 Å². The molecule has 5 heteroatoms. The molecule has 5 nitrogen and oxygen atoms in total. The molecule has 1 unspecified atom stereocenters. The van der Waals surface area contributed by atoms with Crippen LogP contribution in [-0.4, -0.2) is 37.9 Å². The summed E-state index contributed by atoms with van der Waals surface area (Å²) in [5.41, 5.74) is 0. The highest BCUT2D eigenvalue weighted by atomic mass is 16.6. The van der Waals surface area contributed by atoms with Gasteiger partial charge in [-0.1, -0.05) is 172 Å². The zero-order valence-electron chi connectivity index (χ0n) is 34.6. The quantitative estimate of drug-likeness (QED) is 0.0357. The molecule has 0 rings (SSSR count). The van der Waals surface area contributed by atoms with Gasteiger partial charge in [-0.25, -0.2) is 0 Å². The first kappa shape index (κ1) is 49.9. The fraction of sp³-hybridized carbons (Fsp3) is 0.787. The van der Waals surface area contributed by atoms with Crippen LogP contribution in [0.25, 0.3) is 0 Å². The number of hydrogen-bond donors (Lipinski definition) is 0. The summed E-state index contributed by atoms with van der Waals surface area (Å²) in [7, 11) is 0. The Morgan fingerprint density at radius 2 is 0.865 bits per heavy atom.